The summed E-state index contributed by atoms with van der Waals surface area (Å²) in [6.07, 6.45) is 2.13. The van der Waals surface area contributed by atoms with E-state index in [1.54, 1.807) is 6.07 Å². The quantitative estimate of drug-likeness (QED) is 0.796. The first-order valence-electron chi connectivity index (χ1n) is 8.37. The fourth-order valence-corrected chi connectivity index (χ4v) is 3.20. The van der Waals surface area contributed by atoms with Crippen molar-refractivity contribution >= 4 is 23.3 Å². The maximum Gasteiger partial charge on any atom is 0.319 e. The lowest BCUT2D eigenvalue weighted by Crippen LogP contribution is -2.31. The average molecular weight is 342 g/mol. The molecule has 0 fully saturated rings. The van der Waals surface area contributed by atoms with E-state index in [2.05, 4.69) is 21.1 Å². The molecule has 0 saturated carbocycles. The standard InChI is InChI=1S/C18H22N4O3/c1-10(17-11(2)22-25-12(17)3)19-18(24)20-14-7-8-15-13(9-14)5-4-6-16(23)21-15/h7-10H,4-6H2,1-3H3,(H,21,23)(H2,19,20,24). The van der Waals surface area contributed by atoms with E-state index in [1.807, 2.05) is 32.9 Å². The smallest absolute Gasteiger partial charge is 0.319 e. The lowest BCUT2D eigenvalue weighted by atomic mass is 10.1. The number of carbonyl (C=O) groups is 2. The molecule has 1 aromatic heterocycles. The van der Waals surface area contributed by atoms with Crippen molar-refractivity contribution in [2.24, 2.45) is 0 Å². The molecule has 2 aromatic rings. The number of aryl methyl sites for hydroxylation is 3. The van der Waals surface area contributed by atoms with Crippen LogP contribution in [0.1, 0.15) is 48.4 Å². The molecule has 0 saturated heterocycles. The zero-order chi connectivity index (χ0) is 18.0. The van der Waals surface area contributed by atoms with Crippen LogP contribution in [-0.4, -0.2) is 17.1 Å². The van der Waals surface area contributed by atoms with Gasteiger partial charge in [0.2, 0.25) is 5.91 Å². The Morgan fingerprint density at radius 2 is 2.12 bits per heavy atom. The normalized spacial score (nSPS) is 14.9. The van der Waals surface area contributed by atoms with Gasteiger partial charge in [0.1, 0.15) is 5.76 Å². The Morgan fingerprint density at radius 1 is 1.32 bits per heavy atom. The number of hydrogen-bond acceptors (Lipinski definition) is 4. The minimum absolute atomic E-state index is 0.0329. The van der Waals surface area contributed by atoms with Crippen LogP contribution in [0.5, 0.6) is 0 Å². The van der Waals surface area contributed by atoms with Crippen LogP contribution in [0.3, 0.4) is 0 Å². The fraction of sp³-hybridized carbons (Fsp3) is 0.389. The van der Waals surface area contributed by atoms with Crippen LogP contribution in [-0.2, 0) is 11.2 Å². The molecule has 0 aliphatic carbocycles. The lowest BCUT2D eigenvalue weighted by molar-refractivity contribution is -0.116. The molecule has 1 unspecified atom stereocenters. The van der Waals surface area contributed by atoms with E-state index in [-0.39, 0.29) is 18.0 Å². The van der Waals surface area contributed by atoms with Crippen LogP contribution in [0.4, 0.5) is 16.2 Å². The van der Waals surface area contributed by atoms with E-state index in [4.69, 9.17) is 4.52 Å². The number of carbonyl (C=O) groups excluding carboxylic acids is 2. The molecule has 0 bridgehead atoms. The minimum Gasteiger partial charge on any atom is -0.361 e. The Morgan fingerprint density at radius 3 is 2.84 bits per heavy atom. The van der Waals surface area contributed by atoms with Crippen molar-refractivity contribution in [2.75, 3.05) is 10.6 Å². The Hall–Kier alpha value is -2.83. The first kappa shape index (κ1) is 17.0. The third-order valence-corrected chi connectivity index (χ3v) is 4.36. The molecule has 25 heavy (non-hydrogen) atoms. The summed E-state index contributed by atoms with van der Waals surface area (Å²) in [5.74, 6) is 0.733. The van der Waals surface area contributed by atoms with E-state index < -0.39 is 0 Å². The van der Waals surface area contributed by atoms with Gasteiger partial charge in [0.25, 0.3) is 0 Å². The Kier molecular flexibility index (Phi) is 4.74. The van der Waals surface area contributed by atoms with E-state index >= 15 is 0 Å². The van der Waals surface area contributed by atoms with Crippen molar-refractivity contribution < 1.29 is 14.1 Å². The van der Waals surface area contributed by atoms with Gasteiger partial charge in [-0.05, 0) is 57.4 Å². The summed E-state index contributed by atoms with van der Waals surface area (Å²) in [7, 11) is 0. The largest absolute Gasteiger partial charge is 0.361 e. The molecule has 0 radical (unpaired) electrons. The van der Waals surface area contributed by atoms with E-state index in [0.29, 0.717) is 17.9 Å². The SMILES string of the molecule is Cc1noc(C)c1C(C)NC(=O)Nc1ccc2c(c1)CCCC(=O)N2. The molecule has 7 heteroatoms. The maximum absolute atomic E-state index is 12.3. The van der Waals surface area contributed by atoms with Gasteiger partial charge in [-0.1, -0.05) is 5.16 Å². The molecule has 0 spiro atoms. The predicted octanol–water partition coefficient (Wildman–Crippen LogP) is 3.45. The molecule has 3 N–H and O–H groups in total. The molecule has 1 aliphatic heterocycles. The molecule has 1 aliphatic rings. The van der Waals surface area contributed by atoms with Gasteiger partial charge in [0, 0.05) is 23.4 Å². The zero-order valence-corrected chi connectivity index (χ0v) is 14.6. The summed E-state index contributed by atoms with van der Waals surface area (Å²) < 4.78 is 5.14. The van der Waals surface area contributed by atoms with Crippen molar-refractivity contribution in [1.29, 1.82) is 0 Å². The summed E-state index contributed by atoms with van der Waals surface area (Å²) in [4.78, 5) is 23.9. The molecular formula is C18H22N4O3. The molecule has 3 rings (SSSR count). The third-order valence-electron chi connectivity index (χ3n) is 4.36. The second-order valence-corrected chi connectivity index (χ2v) is 6.33. The molecule has 7 nitrogen and oxygen atoms in total. The van der Waals surface area contributed by atoms with E-state index in [1.165, 1.54) is 0 Å². The Bertz CT molecular complexity index is 793. The van der Waals surface area contributed by atoms with Crippen LogP contribution < -0.4 is 16.0 Å². The minimum atomic E-state index is -0.301. The number of anilines is 2. The van der Waals surface area contributed by atoms with Crippen molar-refractivity contribution in [1.82, 2.24) is 10.5 Å². The number of nitrogens with zero attached hydrogens (tertiary/aromatic N) is 1. The molecule has 132 valence electrons. The molecule has 2 heterocycles. The van der Waals surface area contributed by atoms with Crippen LogP contribution in [0, 0.1) is 13.8 Å². The number of nitrogens with one attached hydrogen (secondary N) is 3. The van der Waals surface area contributed by atoms with Gasteiger partial charge < -0.3 is 20.5 Å². The highest BCUT2D eigenvalue weighted by molar-refractivity contribution is 5.94. The van der Waals surface area contributed by atoms with Crippen LogP contribution in [0.25, 0.3) is 0 Å². The zero-order valence-electron chi connectivity index (χ0n) is 14.6. The van der Waals surface area contributed by atoms with Crippen molar-refractivity contribution in [3.63, 3.8) is 0 Å². The first-order valence-corrected chi connectivity index (χ1v) is 8.37. The van der Waals surface area contributed by atoms with E-state index in [0.717, 1.165) is 35.3 Å². The first-order chi connectivity index (χ1) is 11.9. The molecule has 3 amide bonds. The van der Waals surface area contributed by atoms with Gasteiger partial charge in [-0.25, -0.2) is 4.79 Å². The Balaban J connectivity index is 1.67. The van der Waals surface area contributed by atoms with Crippen LogP contribution in [0.2, 0.25) is 0 Å². The van der Waals surface area contributed by atoms with Crippen molar-refractivity contribution in [3.8, 4) is 0 Å². The summed E-state index contributed by atoms with van der Waals surface area (Å²) in [5.41, 5.74) is 4.20. The number of rotatable bonds is 3. The van der Waals surface area contributed by atoms with Gasteiger partial charge in [0.05, 0.1) is 11.7 Å². The van der Waals surface area contributed by atoms with Crippen molar-refractivity contribution in [3.05, 3.63) is 40.8 Å². The maximum atomic E-state index is 12.3. The summed E-state index contributed by atoms with van der Waals surface area (Å²) in [5, 5.41) is 12.5. The van der Waals surface area contributed by atoms with Gasteiger partial charge in [-0.2, -0.15) is 0 Å². The molecular weight excluding hydrogens is 320 g/mol. The van der Waals surface area contributed by atoms with Crippen LogP contribution in [0.15, 0.2) is 22.7 Å². The highest BCUT2D eigenvalue weighted by atomic mass is 16.5. The number of hydrogen-bond donors (Lipinski definition) is 3. The third kappa shape index (κ3) is 3.81. The Labute approximate surface area is 146 Å². The van der Waals surface area contributed by atoms with Crippen LogP contribution >= 0.6 is 0 Å². The number of urea groups is 1. The summed E-state index contributed by atoms with van der Waals surface area (Å²) >= 11 is 0. The number of amides is 3. The van der Waals surface area contributed by atoms with Gasteiger partial charge in [-0.15, -0.1) is 0 Å². The highest BCUT2D eigenvalue weighted by Gasteiger charge is 2.19. The number of fused-ring (bicyclic) bond motifs is 1. The lowest BCUT2D eigenvalue weighted by Gasteiger charge is -2.15. The second-order valence-electron chi connectivity index (χ2n) is 6.33. The predicted molar refractivity (Wildman–Crippen MR) is 94.6 cm³/mol. The number of aromatic nitrogens is 1. The van der Waals surface area contributed by atoms with Crippen molar-refractivity contribution in [2.45, 2.75) is 46.1 Å². The fourth-order valence-electron chi connectivity index (χ4n) is 3.20. The highest BCUT2D eigenvalue weighted by Crippen LogP contribution is 2.26. The summed E-state index contributed by atoms with van der Waals surface area (Å²) in [6.45, 7) is 5.56. The average Bonchev–Trinajstić information content (AvgIpc) is 2.76. The van der Waals surface area contributed by atoms with Gasteiger partial charge in [0.15, 0.2) is 0 Å². The monoisotopic (exact) mass is 342 g/mol. The second kappa shape index (κ2) is 6.96. The number of benzene rings is 1. The molecule has 1 atom stereocenters. The summed E-state index contributed by atoms with van der Waals surface area (Å²) in [6, 6.07) is 4.99. The molecule has 1 aromatic carbocycles. The van der Waals surface area contributed by atoms with Gasteiger partial charge >= 0.3 is 6.03 Å². The van der Waals surface area contributed by atoms with Gasteiger partial charge in [-0.3, -0.25) is 4.79 Å². The van der Waals surface area contributed by atoms with E-state index in [9.17, 15) is 9.59 Å². The topological polar surface area (TPSA) is 96.3 Å².